The molecule has 1 aromatic carbocycles. The number of hydrogen-bond donors (Lipinski definition) is 0. The summed E-state index contributed by atoms with van der Waals surface area (Å²) in [6, 6.07) is 11.0. The number of nitrogens with zero attached hydrogens (tertiary/aromatic N) is 5. The molecule has 1 amide bonds. The Morgan fingerprint density at radius 1 is 1.12 bits per heavy atom. The highest BCUT2D eigenvalue weighted by molar-refractivity contribution is 5.73. The highest BCUT2D eigenvalue weighted by atomic mass is 16.2. The zero-order valence-electron chi connectivity index (χ0n) is 15.5. The van der Waals surface area contributed by atoms with Crippen LogP contribution in [-0.4, -0.2) is 56.7 Å². The van der Waals surface area contributed by atoms with E-state index in [-0.39, 0.29) is 5.91 Å². The minimum absolute atomic E-state index is 0.149. The van der Waals surface area contributed by atoms with E-state index in [4.69, 9.17) is 0 Å². The van der Waals surface area contributed by atoms with Crippen LogP contribution in [0.4, 0.5) is 0 Å². The molecule has 1 aromatic heterocycles. The standard InChI is InChI=1S/C20H27N5O/c1-16(26)23-13-10-19-21-22-20(25(19)15-14-23)18-8-5-11-24(18)12-9-17-6-3-2-4-7-17/h2-4,6-7,18H,5,8-15H2,1H3/t18-/m0/s1. The Bertz CT molecular complexity index is 757. The molecule has 3 heterocycles. The molecule has 6 heteroatoms. The quantitative estimate of drug-likeness (QED) is 0.844. The molecule has 0 radical (unpaired) electrons. The second kappa shape index (κ2) is 7.58. The number of likely N-dealkylation sites (tertiary alicyclic amines) is 1. The first-order valence-corrected chi connectivity index (χ1v) is 9.68. The molecule has 2 aliphatic rings. The lowest BCUT2D eigenvalue weighted by atomic mass is 10.1. The topological polar surface area (TPSA) is 54.3 Å². The molecule has 6 nitrogen and oxygen atoms in total. The molecule has 138 valence electrons. The van der Waals surface area contributed by atoms with Crippen molar-refractivity contribution in [2.45, 2.75) is 45.2 Å². The molecular formula is C20H27N5O. The summed E-state index contributed by atoms with van der Waals surface area (Å²) in [5.41, 5.74) is 1.38. The first-order chi connectivity index (χ1) is 12.7. The van der Waals surface area contributed by atoms with Crippen molar-refractivity contribution in [2.24, 2.45) is 0 Å². The molecule has 1 fully saturated rings. The second-order valence-electron chi connectivity index (χ2n) is 7.31. The first-order valence-electron chi connectivity index (χ1n) is 9.68. The highest BCUT2D eigenvalue weighted by Crippen LogP contribution is 2.31. The predicted molar refractivity (Wildman–Crippen MR) is 99.7 cm³/mol. The third-order valence-corrected chi connectivity index (χ3v) is 5.69. The van der Waals surface area contributed by atoms with Gasteiger partial charge >= 0.3 is 0 Å². The predicted octanol–water partition coefficient (Wildman–Crippen LogP) is 2.06. The summed E-state index contributed by atoms with van der Waals surface area (Å²) >= 11 is 0. The zero-order chi connectivity index (χ0) is 17.9. The highest BCUT2D eigenvalue weighted by Gasteiger charge is 2.31. The molecule has 0 saturated carbocycles. The smallest absolute Gasteiger partial charge is 0.219 e. The van der Waals surface area contributed by atoms with Crippen LogP contribution in [0.3, 0.4) is 0 Å². The van der Waals surface area contributed by atoms with E-state index in [1.165, 1.54) is 12.0 Å². The molecule has 0 N–H and O–H groups in total. The SMILES string of the molecule is CC(=O)N1CCc2nnc([C@@H]3CCCN3CCc3ccccc3)n2CC1. The van der Waals surface area contributed by atoms with Gasteiger partial charge in [-0.15, -0.1) is 10.2 Å². The fourth-order valence-electron chi connectivity index (χ4n) is 4.21. The van der Waals surface area contributed by atoms with E-state index in [0.717, 1.165) is 63.6 Å². The van der Waals surface area contributed by atoms with Crippen molar-refractivity contribution in [3.8, 4) is 0 Å². The van der Waals surface area contributed by atoms with Gasteiger partial charge in [0.25, 0.3) is 0 Å². The van der Waals surface area contributed by atoms with Crippen molar-refractivity contribution in [1.82, 2.24) is 24.6 Å². The normalized spacial score (nSPS) is 20.8. The number of aromatic nitrogens is 3. The van der Waals surface area contributed by atoms with Crippen LogP contribution < -0.4 is 0 Å². The number of rotatable bonds is 4. The molecular weight excluding hydrogens is 326 g/mol. The third kappa shape index (κ3) is 3.51. The van der Waals surface area contributed by atoms with Gasteiger partial charge in [-0.25, -0.2) is 0 Å². The van der Waals surface area contributed by atoms with Crippen LogP contribution in [0.5, 0.6) is 0 Å². The number of fused-ring (bicyclic) bond motifs is 1. The van der Waals surface area contributed by atoms with Crippen molar-refractivity contribution >= 4 is 5.91 Å². The fourth-order valence-corrected chi connectivity index (χ4v) is 4.21. The minimum Gasteiger partial charge on any atom is -0.341 e. The molecule has 0 bridgehead atoms. The molecule has 2 aromatic rings. The lowest BCUT2D eigenvalue weighted by Gasteiger charge is -2.24. The lowest BCUT2D eigenvalue weighted by Crippen LogP contribution is -2.32. The molecule has 26 heavy (non-hydrogen) atoms. The second-order valence-corrected chi connectivity index (χ2v) is 7.31. The average molecular weight is 353 g/mol. The van der Waals surface area contributed by atoms with E-state index in [2.05, 4.69) is 50.0 Å². The van der Waals surface area contributed by atoms with Gasteiger partial charge in [0.15, 0.2) is 0 Å². The van der Waals surface area contributed by atoms with E-state index in [1.54, 1.807) is 6.92 Å². The Hall–Kier alpha value is -2.21. The third-order valence-electron chi connectivity index (χ3n) is 5.69. The monoisotopic (exact) mass is 353 g/mol. The molecule has 0 aliphatic carbocycles. The average Bonchev–Trinajstić information content (AvgIpc) is 3.21. The zero-order valence-corrected chi connectivity index (χ0v) is 15.5. The summed E-state index contributed by atoms with van der Waals surface area (Å²) in [4.78, 5) is 16.2. The van der Waals surface area contributed by atoms with Crippen LogP contribution in [0.15, 0.2) is 30.3 Å². The number of benzene rings is 1. The van der Waals surface area contributed by atoms with Crippen molar-refractivity contribution in [3.05, 3.63) is 47.5 Å². The summed E-state index contributed by atoms with van der Waals surface area (Å²) < 4.78 is 2.27. The maximum atomic E-state index is 11.7. The maximum absolute atomic E-state index is 11.7. The van der Waals surface area contributed by atoms with Crippen LogP contribution in [0.25, 0.3) is 0 Å². The Kier molecular flexibility index (Phi) is 5.02. The van der Waals surface area contributed by atoms with Crippen molar-refractivity contribution in [3.63, 3.8) is 0 Å². The van der Waals surface area contributed by atoms with Crippen LogP contribution in [0.2, 0.25) is 0 Å². The van der Waals surface area contributed by atoms with Gasteiger partial charge in [-0.05, 0) is 31.4 Å². The van der Waals surface area contributed by atoms with Gasteiger partial charge in [0.1, 0.15) is 11.6 Å². The van der Waals surface area contributed by atoms with Gasteiger partial charge in [0, 0.05) is 39.5 Å². The molecule has 0 spiro atoms. The number of carbonyl (C=O) groups excluding carboxylic acids is 1. The Balaban J connectivity index is 1.47. The largest absolute Gasteiger partial charge is 0.341 e. The summed E-state index contributed by atoms with van der Waals surface area (Å²) in [6.45, 7) is 6.13. The summed E-state index contributed by atoms with van der Waals surface area (Å²) in [5.74, 6) is 2.27. The van der Waals surface area contributed by atoms with Crippen molar-refractivity contribution in [1.29, 1.82) is 0 Å². The van der Waals surface area contributed by atoms with Gasteiger partial charge < -0.3 is 9.47 Å². The van der Waals surface area contributed by atoms with Gasteiger partial charge in [-0.2, -0.15) is 0 Å². The van der Waals surface area contributed by atoms with E-state index < -0.39 is 0 Å². The first kappa shape index (κ1) is 17.2. The van der Waals surface area contributed by atoms with E-state index in [1.807, 2.05) is 4.90 Å². The van der Waals surface area contributed by atoms with E-state index in [0.29, 0.717) is 6.04 Å². The molecule has 4 rings (SSSR count). The van der Waals surface area contributed by atoms with Crippen LogP contribution in [0, 0.1) is 0 Å². The van der Waals surface area contributed by atoms with E-state index in [9.17, 15) is 4.79 Å². The number of carbonyl (C=O) groups is 1. The van der Waals surface area contributed by atoms with Crippen LogP contribution in [-0.2, 0) is 24.2 Å². The van der Waals surface area contributed by atoms with Gasteiger partial charge in [0.2, 0.25) is 5.91 Å². The maximum Gasteiger partial charge on any atom is 0.219 e. The van der Waals surface area contributed by atoms with Gasteiger partial charge in [-0.3, -0.25) is 9.69 Å². The molecule has 1 saturated heterocycles. The fraction of sp³-hybridized carbons (Fsp3) is 0.550. The molecule has 2 aliphatic heterocycles. The molecule has 0 unspecified atom stereocenters. The van der Waals surface area contributed by atoms with Gasteiger partial charge in [-0.1, -0.05) is 30.3 Å². The van der Waals surface area contributed by atoms with Crippen molar-refractivity contribution in [2.75, 3.05) is 26.2 Å². The Labute approximate surface area is 154 Å². The summed E-state index contributed by atoms with van der Waals surface area (Å²) in [5, 5.41) is 9.02. The van der Waals surface area contributed by atoms with Crippen molar-refractivity contribution < 1.29 is 4.79 Å². The number of amides is 1. The lowest BCUT2D eigenvalue weighted by molar-refractivity contribution is -0.128. The Morgan fingerprint density at radius 3 is 2.77 bits per heavy atom. The van der Waals surface area contributed by atoms with Crippen LogP contribution in [0.1, 0.15) is 43.0 Å². The number of hydrogen-bond acceptors (Lipinski definition) is 4. The van der Waals surface area contributed by atoms with Crippen LogP contribution >= 0.6 is 0 Å². The minimum atomic E-state index is 0.149. The van der Waals surface area contributed by atoms with E-state index >= 15 is 0 Å². The summed E-state index contributed by atoms with van der Waals surface area (Å²) in [6.07, 6.45) is 4.21. The van der Waals surface area contributed by atoms with Gasteiger partial charge in [0.05, 0.1) is 6.04 Å². The Morgan fingerprint density at radius 2 is 1.96 bits per heavy atom. The summed E-state index contributed by atoms with van der Waals surface area (Å²) in [7, 11) is 0. The molecule has 1 atom stereocenters.